The van der Waals surface area contributed by atoms with Gasteiger partial charge in [-0.3, -0.25) is 0 Å². The van der Waals surface area contributed by atoms with Gasteiger partial charge in [-0.05, 0) is 18.6 Å². The summed E-state index contributed by atoms with van der Waals surface area (Å²) in [6.07, 6.45) is 2.35. The molecule has 1 heterocycles. The molecule has 1 unspecified atom stereocenters. The molecule has 1 saturated heterocycles. The molecule has 1 atom stereocenters. The Morgan fingerprint density at radius 2 is 2.33 bits per heavy atom. The zero-order chi connectivity index (χ0) is 9.03. The summed E-state index contributed by atoms with van der Waals surface area (Å²) < 4.78 is 0. The predicted octanol–water partition coefficient (Wildman–Crippen LogP) is 1.24. The number of hydrogen-bond donors (Lipinski definition) is 2. The van der Waals surface area contributed by atoms with Gasteiger partial charge in [-0.1, -0.05) is 13.8 Å². The molecule has 2 nitrogen and oxygen atoms in total. The number of hydrogen-bond acceptors (Lipinski definition) is 3. The van der Waals surface area contributed by atoms with E-state index < -0.39 is 0 Å². The molecule has 0 aromatic rings. The van der Waals surface area contributed by atoms with Crippen LogP contribution in [0.1, 0.15) is 26.7 Å². The first kappa shape index (κ1) is 10.4. The number of rotatable bonds is 3. The predicted molar refractivity (Wildman–Crippen MR) is 54.6 cm³/mol. The van der Waals surface area contributed by atoms with E-state index in [-0.39, 0.29) is 12.1 Å². The van der Waals surface area contributed by atoms with E-state index in [1.807, 2.05) is 11.8 Å². The molecule has 3 heteroatoms. The van der Waals surface area contributed by atoms with Crippen LogP contribution >= 0.6 is 11.8 Å². The summed E-state index contributed by atoms with van der Waals surface area (Å²) in [5.41, 5.74) is 0.0110. The van der Waals surface area contributed by atoms with Gasteiger partial charge >= 0.3 is 0 Å². The third-order valence-electron chi connectivity index (χ3n) is 2.22. The van der Waals surface area contributed by atoms with Crippen molar-refractivity contribution in [1.29, 1.82) is 0 Å². The maximum atomic E-state index is 9.31. The molecular weight excluding hydrogens is 170 g/mol. The largest absolute Gasteiger partial charge is 0.394 e. The van der Waals surface area contributed by atoms with Gasteiger partial charge in [0.2, 0.25) is 0 Å². The van der Waals surface area contributed by atoms with Crippen LogP contribution in [0.4, 0.5) is 0 Å². The highest BCUT2D eigenvalue weighted by atomic mass is 32.2. The van der Waals surface area contributed by atoms with E-state index in [4.69, 9.17) is 0 Å². The normalized spacial score (nSPS) is 31.0. The average molecular weight is 189 g/mol. The van der Waals surface area contributed by atoms with Gasteiger partial charge in [-0.2, -0.15) is 11.8 Å². The van der Waals surface area contributed by atoms with Crippen LogP contribution in [0.3, 0.4) is 0 Å². The van der Waals surface area contributed by atoms with E-state index in [1.165, 1.54) is 12.2 Å². The lowest BCUT2D eigenvalue weighted by Gasteiger charge is -2.37. The number of thioether (sulfide) groups is 1. The fourth-order valence-corrected chi connectivity index (χ4v) is 2.95. The van der Waals surface area contributed by atoms with Gasteiger partial charge in [0.05, 0.1) is 12.1 Å². The molecule has 1 aliphatic rings. The van der Waals surface area contributed by atoms with E-state index in [0.29, 0.717) is 6.04 Å². The van der Waals surface area contributed by atoms with Crippen molar-refractivity contribution in [2.45, 2.75) is 38.3 Å². The van der Waals surface area contributed by atoms with Crippen LogP contribution in [-0.4, -0.2) is 34.8 Å². The molecule has 0 aromatic carbocycles. The maximum Gasteiger partial charge on any atom is 0.0621 e. The van der Waals surface area contributed by atoms with Gasteiger partial charge in [-0.15, -0.1) is 0 Å². The van der Waals surface area contributed by atoms with Crippen LogP contribution in [0.5, 0.6) is 0 Å². The maximum absolute atomic E-state index is 9.31. The minimum Gasteiger partial charge on any atom is -0.394 e. The Morgan fingerprint density at radius 1 is 1.58 bits per heavy atom. The average Bonchev–Trinajstić information content (AvgIpc) is 2.05. The minimum absolute atomic E-state index is 0.0110. The molecule has 0 radical (unpaired) electrons. The summed E-state index contributed by atoms with van der Waals surface area (Å²) in [5, 5.41) is 12.8. The van der Waals surface area contributed by atoms with E-state index in [2.05, 4.69) is 19.2 Å². The third kappa shape index (κ3) is 2.64. The summed E-state index contributed by atoms with van der Waals surface area (Å²) in [5.74, 6) is 2.31. The quantitative estimate of drug-likeness (QED) is 0.700. The van der Waals surface area contributed by atoms with Crippen LogP contribution in [-0.2, 0) is 0 Å². The van der Waals surface area contributed by atoms with Gasteiger partial charge in [-0.25, -0.2) is 0 Å². The van der Waals surface area contributed by atoms with Crippen molar-refractivity contribution in [3.8, 4) is 0 Å². The first-order valence-corrected chi connectivity index (χ1v) is 5.80. The van der Waals surface area contributed by atoms with Crippen LogP contribution in [0.25, 0.3) is 0 Å². The smallest absolute Gasteiger partial charge is 0.0621 e. The molecule has 2 N–H and O–H groups in total. The van der Waals surface area contributed by atoms with Gasteiger partial charge in [0.25, 0.3) is 0 Å². The summed E-state index contributed by atoms with van der Waals surface area (Å²) in [6, 6.07) is 0.468. The van der Waals surface area contributed by atoms with E-state index in [0.717, 1.165) is 12.2 Å². The molecule has 12 heavy (non-hydrogen) atoms. The number of nitrogens with one attached hydrogen (secondary N) is 1. The molecule has 0 saturated carbocycles. The molecule has 0 amide bonds. The van der Waals surface area contributed by atoms with Crippen molar-refractivity contribution in [3.05, 3.63) is 0 Å². The van der Waals surface area contributed by atoms with E-state index in [9.17, 15) is 5.11 Å². The standard InChI is InChI=1S/C9H19NOS/c1-8(2)10-9(6-11)4-3-5-12-7-9/h8,10-11H,3-7H2,1-2H3. The molecular formula is C9H19NOS. The highest BCUT2D eigenvalue weighted by Crippen LogP contribution is 2.26. The highest BCUT2D eigenvalue weighted by molar-refractivity contribution is 7.99. The van der Waals surface area contributed by atoms with Gasteiger partial charge in [0.1, 0.15) is 0 Å². The third-order valence-corrected chi connectivity index (χ3v) is 3.55. The van der Waals surface area contributed by atoms with Gasteiger partial charge in [0, 0.05) is 11.8 Å². The van der Waals surface area contributed by atoms with Crippen LogP contribution in [0.15, 0.2) is 0 Å². The fourth-order valence-electron chi connectivity index (χ4n) is 1.75. The number of aliphatic hydroxyl groups excluding tert-OH is 1. The molecule has 0 bridgehead atoms. The Labute approximate surface area is 79.1 Å². The van der Waals surface area contributed by atoms with Crippen LogP contribution < -0.4 is 5.32 Å². The lowest BCUT2D eigenvalue weighted by Crippen LogP contribution is -2.54. The fraction of sp³-hybridized carbons (Fsp3) is 1.00. The van der Waals surface area contributed by atoms with Crippen LogP contribution in [0.2, 0.25) is 0 Å². The molecule has 0 aliphatic carbocycles. The van der Waals surface area contributed by atoms with Crippen molar-refractivity contribution in [3.63, 3.8) is 0 Å². The molecule has 1 aliphatic heterocycles. The SMILES string of the molecule is CC(C)NC1(CO)CCCSC1. The zero-order valence-corrected chi connectivity index (χ0v) is 8.78. The van der Waals surface area contributed by atoms with Crippen LogP contribution in [0, 0.1) is 0 Å². The van der Waals surface area contributed by atoms with E-state index in [1.54, 1.807) is 0 Å². The topological polar surface area (TPSA) is 32.3 Å². The molecule has 1 rings (SSSR count). The highest BCUT2D eigenvalue weighted by Gasteiger charge is 2.31. The lowest BCUT2D eigenvalue weighted by molar-refractivity contribution is 0.157. The summed E-state index contributed by atoms with van der Waals surface area (Å²) >= 11 is 1.95. The second-order valence-corrected chi connectivity index (χ2v) is 5.00. The Morgan fingerprint density at radius 3 is 2.75 bits per heavy atom. The zero-order valence-electron chi connectivity index (χ0n) is 7.97. The molecule has 1 fully saturated rings. The Hall–Kier alpha value is 0.270. The second-order valence-electron chi connectivity index (χ2n) is 3.89. The van der Waals surface area contributed by atoms with Crippen molar-refractivity contribution in [2.24, 2.45) is 0 Å². The van der Waals surface area contributed by atoms with Crippen molar-refractivity contribution in [2.75, 3.05) is 18.1 Å². The first-order valence-electron chi connectivity index (χ1n) is 4.65. The molecule has 0 spiro atoms. The summed E-state index contributed by atoms with van der Waals surface area (Å²) in [7, 11) is 0. The van der Waals surface area contributed by atoms with Gasteiger partial charge < -0.3 is 10.4 Å². The minimum atomic E-state index is 0.0110. The molecule has 0 aromatic heterocycles. The first-order chi connectivity index (χ1) is 5.68. The Bertz CT molecular complexity index is 132. The molecule has 72 valence electrons. The second kappa shape index (κ2) is 4.49. The lowest BCUT2D eigenvalue weighted by atomic mass is 9.95. The van der Waals surface area contributed by atoms with Gasteiger partial charge in [0.15, 0.2) is 0 Å². The Kier molecular flexibility index (Phi) is 3.87. The summed E-state index contributed by atoms with van der Waals surface area (Å²) in [6.45, 7) is 4.55. The monoisotopic (exact) mass is 189 g/mol. The van der Waals surface area contributed by atoms with E-state index >= 15 is 0 Å². The van der Waals surface area contributed by atoms with Crippen molar-refractivity contribution < 1.29 is 5.11 Å². The van der Waals surface area contributed by atoms with Crippen molar-refractivity contribution >= 4 is 11.8 Å². The Balaban J connectivity index is 2.48. The number of aliphatic hydroxyl groups is 1. The van der Waals surface area contributed by atoms with Crippen molar-refractivity contribution in [1.82, 2.24) is 5.32 Å². The summed E-state index contributed by atoms with van der Waals surface area (Å²) in [4.78, 5) is 0.